The Balaban J connectivity index is 1.91. The molecule has 168 valence electrons. The topological polar surface area (TPSA) is 63.6 Å². The van der Waals surface area contributed by atoms with Crippen molar-refractivity contribution in [3.8, 4) is 0 Å². The summed E-state index contributed by atoms with van der Waals surface area (Å²) in [6, 6.07) is 0. The van der Waals surface area contributed by atoms with Gasteiger partial charge in [0.05, 0.1) is 18.4 Å². The van der Waals surface area contributed by atoms with Crippen LogP contribution in [-0.2, 0) is 14.3 Å². The molecule has 29 heavy (non-hydrogen) atoms. The van der Waals surface area contributed by atoms with E-state index >= 15 is 0 Å². The number of allylic oxidation sites excluding steroid dienone is 2. The van der Waals surface area contributed by atoms with Crippen LogP contribution in [0, 0.1) is 11.8 Å². The molecule has 0 heterocycles. The maximum Gasteiger partial charge on any atom is 0.309 e. The maximum absolute atomic E-state index is 12.2. The average molecular weight is 409 g/mol. The van der Waals surface area contributed by atoms with Gasteiger partial charge in [-0.25, -0.2) is 0 Å². The van der Waals surface area contributed by atoms with Crippen LogP contribution in [0.2, 0.25) is 0 Å². The summed E-state index contributed by atoms with van der Waals surface area (Å²) in [4.78, 5) is 23.4. The molecule has 0 aromatic rings. The molecular formula is C25H44O4. The quantitative estimate of drug-likeness (QED) is 0.159. The maximum atomic E-state index is 12.2. The molecule has 1 aliphatic carbocycles. The second-order valence-electron chi connectivity index (χ2n) is 8.59. The number of carbonyl (C=O) groups is 2. The van der Waals surface area contributed by atoms with Crippen LogP contribution in [0.15, 0.2) is 12.2 Å². The molecule has 0 aromatic heterocycles. The third-order valence-electron chi connectivity index (χ3n) is 6.04. The Kier molecular flexibility index (Phi) is 15.5. The van der Waals surface area contributed by atoms with E-state index in [1.54, 1.807) is 0 Å². The van der Waals surface area contributed by atoms with Crippen LogP contribution < -0.4 is 0 Å². The minimum Gasteiger partial charge on any atom is -0.481 e. The van der Waals surface area contributed by atoms with E-state index < -0.39 is 17.8 Å². The van der Waals surface area contributed by atoms with Crippen molar-refractivity contribution in [2.45, 2.75) is 116 Å². The molecule has 2 atom stereocenters. The molecule has 1 fully saturated rings. The van der Waals surface area contributed by atoms with Gasteiger partial charge in [-0.3, -0.25) is 9.59 Å². The summed E-state index contributed by atoms with van der Waals surface area (Å²) in [6.07, 6.45) is 23.9. The van der Waals surface area contributed by atoms with Crippen LogP contribution in [0.1, 0.15) is 116 Å². The predicted octanol–water partition coefficient (Wildman–Crippen LogP) is 7.07. The highest BCUT2D eigenvalue weighted by atomic mass is 16.5. The molecule has 0 bridgehead atoms. The van der Waals surface area contributed by atoms with Crippen molar-refractivity contribution >= 4 is 11.9 Å². The van der Waals surface area contributed by atoms with E-state index in [4.69, 9.17) is 4.74 Å². The highest BCUT2D eigenvalue weighted by molar-refractivity contribution is 5.81. The minimum absolute atomic E-state index is 0.301. The second-order valence-corrected chi connectivity index (χ2v) is 8.59. The van der Waals surface area contributed by atoms with Crippen LogP contribution in [0.5, 0.6) is 0 Å². The summed E-state index contributed by atoms with van der Waals surface area (Å²) in [5.41, 5.74) is 0. The van der Waals surface area contributed by atoms with E-state index in [9.17, 15) is 14.7 Å². The van der Waals surface area contributed by atoms with Gasteiger partial charge in [0, 0.05) is 0 Å². The summed E-state index contributed by atoms with van der Waals surface area (Å²) < 4.78 is 5.36. The number of carbonyl (C=O) groups excluding carboxylic acids is 1. The van der Waals surface area contributed by atoms with E-state index in [0.29, 0.717) is 19.4 Å². The fourth-order valence-electron chi connectivity index (χ4n) is 4.16. The Bertz CT molecular complexity index is 458. The van der Waals surface area contributed by atoms with Gasteiger partial charge in [0.2, 0.25) is 0 Å². The van der Waals surface area contributed by atoms with Gasteiger partial charge < -0.3 is 9.84 Å². The first-order valence-electron chi connectivity index (χ1n) is 12.2. The molecule has 0 aromatic carbocycles. The van der Waals surface area contributed by atoms with Gasteiger partial charge in [0.15, 0.2) is 0 Å². The number of unbranched alkanes of at least 4 members (excludes halogenated alkanes) is 11. The standard InChI is InChI=1S/C25H44O4/c1-2-3-4-5-6-7-8-9-10-11-12-13-14-15-18-21-29-25(28)23-20-17-16-19-22(23)24(26)27/h10-11,22-23H,2-9,12-21H2,1H3,(H,26,27)/b11-10+. The van der Waals surface area contributed by atoms with Crippen molar-refractivity contribution < 1.29 is 19.4 Å². The number of esters is 1. The smallest absolute Gasteiger partial charge is 0.309 e. The SMILES string of the molecule is CCCCCCCCC/C=C/CCCCCCOC(=O)C1CCCCC1C(=O)O. The molecule has 2 unspecified atom stereocenters. The Morgan fingerprint density at radius 3 is 1.90 bits per heavy atom. The largest absolute Gasteiger partial charge is 0.481 e. The zero-order valence-corrected chi connectivity index (χ0v) is 18.7. The van der Waals surface area contributed by atoms with Crippen LogP contribution in [0.25, 0.3) is 0 Å². The Morgan fingerprint density at radius 1 is 0.793 bits per heavy atom. The molecule has 1 aliphatic rings. The Morgan fingerprint density at radius 2 is 1.31 bits per heavy atom. The average Bonchev–Trinajstić information content (AvgIpc) is 2.73. The molecule has 0 amide bonds. The van der Waals surface area contributed by atoms with Crippen molar-refractivity contribution in [2.24, 2.45) is 11.8 Å². The van der Waals surface area contributed by atoms with E-state index in [1.807, 2.05) is 0 Å². The lowest BCUT2D eigenvalue weighted by Gasteiger charge is -2.26. The van der Waals surface area contributed by atoms with Crippen LogP contribution >= 0.6 is 0 Å². The second kappa shape index (κ2) is 17.5. The number of carboxylic acids is 1. The van der Waals surface area contributed by atoms with Crippen molar-refractivity contribution in [1.82, 2.24) is 0 Å². The lowest BCUT2D eigenvalue weighted by molar-refractivity contribution is -0.159. The number of hydrogen-bond donors (Lipinski definition) is 1. The molecule has 0 spiro atoms. The van der Waals surface area contributed by atoms with Crippen LogP contribution in [0.4, 0.5) is 0 Å². The molecule has 0 radical (unpaired) electrons. The summed E-state index contributed by atoms with van der Waals surface area (Å²) in [5.74, 6) is -2.15. The number of aliphatic carboxylic acids is 1. The lowest BCUT2D eigenvalue weighted by Crippen LogP contribution is -2.33. The number of hydrogen-bond acceptors (Lipinski definition) is 3. The van der Waals surface area contributed by atoms with Crippen LogP contribution in [0.3, 0.4) is 0 Å². The van der Waals surface area contributed by atoms with Gasteiger partial charge in [-0.15, -0.1) is 0 Å². The van der Waals surface area contributed by atoms with E-state index in [2.05, 4.69) is 19.1 Å². The highest BCUT2D eigenvalue weighted by Gasteiger charge is 2.36. The van der Waals surface area contributed by atoms with Gasteiger partial charge in [0.1, 0.15) is 0 Å². The lowest BCUT2D eigenvalue weighted by atomic mass is 9.79. The molecule has 0 aliphatic heterocycles. The van der Waals surface area contributed by atoms with Gasteiger partial charge in [0.25, 0.3) is 0 Å². The first kappa shape index (κ1) is 25.7. The van der Waals surface area contributed by atoms with Gasteiger partial charge in [-0.2, -0.15) is 0 Å². The predicted molar refractivity (Wildman–Crippen MR) is 119 cm³/mol. The van der Waals surface area contributed by atoms with Crippen molar-refractivity contribution in [3.05, 3.63) is 12.2 Å². The molecule has 1 rings (SSSR count). The van der Waals surface area contributed by atoms with Crippen molar-refractivity contribution in [3.63, 3.8) is 0 Å². The summed E-state index contributed by atoms with van der Waals surface area (Å²) in [5, 5.41) is 9.26. The summed E-state index contributed by atoms with van der Waals surface area (Å²) >= 11 is 0. The fourth-order valence-corrected chi connectivity index (χ4v) is 4.16. The first-order valence-corrected chi connectivity index (χ1v) is 12.2. The fraction of sp³-hybridized carbons (Fsp3) is 0.840. The number of rotatable bonds is 17. The van der Waals surface area contributed by atoms with Gasteiger partial charge in [-0.1, -0.05) is 83.3 Å². The number of carboxylic acid groups (broad SMARTS) is 1. The number of ether oxygens (including phenoxy) is 1. The monoisotopic (exact) mass is 408 g/mol. The molecule has 1 saturated carbocycles. The highest BCUT2D eigenvalue weighted by Crippen LogP contribution is 2.31. The summed E-state index contributed by atoms with van der Waals surface area (Å²) in [7, 11) is 0. The van der Waals surface area contributed by atoms with Gasteiger partial charge in [-0.05, 0) is 44.9 Å². The molecule has 1 N–H and O–H groups in total. The van der Waals surface area contributed by atoms with E-state index in [1.165, 1.54) is 57.8 Å². The molecular weight excluding hydrogens is 364 g/mol. The first-order chi connectivity index (χ1) is 14.2. The minimum atomic E-state index is -0.855. The van der Waals surface area contributed by atoms with E-state index in [-0.39, 0.29) is 5.97 Å². The van der Waals surface area contributed by atoms with E-state index in [0.717, 1.165) is 38.5 Å². The molecule has 0 saturated heterocycles. The van der Waals surface area contributed by atoms with Crippen molar-refractivity contribution in [2.75, 3.05) is 6.61 Å². The Hall–Kier alpha value is -1.32. The summed E-state index contributed by atoms with van der Waals surface area (Å²) in [6.45, 7) is 2.69. The normalized spacial score (nSPS) is 19.5. The third-order valence-corrected chi connectivity index (χ3v) is 6.04. The zero-order valence-electron chi connectivity index (χ0n) is 18.7. The van der Waals surface area contributed by atoms with Crippen molar-refractivity contribution in [1.29, 1.82) is 0 Å². The Labute approximate surface area is 178 Å². The molecule has 4 heteroatoms. The zero-order chi connectivity index (χ0) is 21.2. The third kappa shape index (κ3) is 12.8. The van der Waals surface area contributed by atoms with Gasteiger partial charge >= 0.3 is 11.9 Å². The molecule has 4 nitrogen and oxygen atoms in total. The van der Waals surface area contributed by atoms with Crippen LogP contribution in [-0.4, -0.2) is 23.7 Å².